The summed E-state index contributed by atoms with van der Waals surface area (Å²) < 4.78 is 0. The fraction of sp³-hybridized carbons (Fsp3) is 0.375. The Hall–Kier alpha value is -1.90. The third-order valence-electron chi connectivity index (χ3n) is 3.69. The summed E-state index contributed by atoms with van der Waals surface area (Å²) in [4.78, 5) is 19.6. The summed E-state index contributed by atoms with van der Waals surface area (Å²) in [7, 11) is 0. The molecule has 1 aromatic heterocycles. The highest BCUT2D eigenvalue weighted by Crippen LogP contribution is 2.16. The Morgan fingerprint density at radius 2 is 2.11 bits per heavy atom. The molecule has 0 atom stereocenters. The molecule has 0 aliphatic heterocycles. The van der Waals surface area contributed by atoms with Gasteiger partial charge in [0.2, 0.25) is 0 Å². The molecule has 0 fully saturated rings. The predicted molar refractivity (Wildman–Crippen MR) is 75.5 cm³/mol. The van der Waals surface area contributed by atoms with Crippen LogP contribution in [0.5, 0.6) is 0 Å². The number of H-pyrrole nitrogens is 1. The van der Waals surface area contributed by atoms with Crippen LogP contribution in [0.2, 0.25) is 0 Å². The van der Waals surface area contributed by atoms with Crippen molar-refractivity contribution in [1.29, 1.82) is 0 Å². The van der Waals surface area contributed by atoms with Gasteiger partial charge in [0.05, 0.1) is 5.69 Å². The number of nitrogens with zero attached hydrogens (tertiary/aromatic N) is 1. The Balaban J connectivity index is 1.94. The van der Waals surface area contributed by atoms with Crippen molar-refractivity contribution in [3.63, 3.8) is 0 Å². The first-order valence-electron chi connectivity index (χ1n) is 6.89. The van der Waals surface area contributed by atoms with Gasteiger partial charge in [-0.1, -0.05) is 29.8 Å². The molecular formula is C16H18N2O. The second-order valence-corrected chi connectivity index (χ2v) is 5.31. The average molecular weight is 254 g/mol. The van der Waals surface area contributed by atoms with Gasteiger partial charge in [-0.3, -0.25) is 4.79 Å². The van der Waals surface area contributed by atoms with E-state index >= 15 is 0 Å². The van der Waals surface area contributed by atoms with Gasteiger partial charge in [0, 0.05) is 12.0 Å². The van der Waals surface area contributed by atoms with Crippen molar-refractivity contribution in [2.24, 2.45) is 0 Å². The van der Waals surface area contributed by atoms with Gasteiger partial charge in [-0.2, -0.15) is 0 Å². The molecule has 0 saturated carbocycles. The number of rotatable bonds is 2. The highest BCUT2D eigenvalue weighted by molar-refractivity contribution is 5.26. The minimum absolute atomic E-state index is 0.0624. The van der Waals surface area contributed by atoms with Crippen LogP contribution in [0.15, 0.2) is 29.1 Å². The molecule has 98 valence electrons. The van der Waals surface area contributed by atoms with E-state index in [0.717, 1.165) is 42.8 Å². The molecule has 1 heterocycles. The van der Waals surface area contributed by atoms with E-state index in [0.29, 0.717) is 6.42 Å². The minimum atomic E-state index is 0.0624. The Morgan fingerprint density at radius 3 is 2.95 bits per heavy atom. The Labute approximate surface area is 112 Å². The largest absolute Gasteiger partial charge is 0.310 e. The molecule has 3 heteroatoms. The first kappa shape index (κ1) is 12.2. The van der Waals surface area contributed by atoms with Gasteiger partial charge in [-0.25, -0.2) is 4.98 Å². The molecule has 1 aromatic carbocycles. The second-order valence-electron chi connectivity index (χ2n) is 5.31. The Kier molecular flexibility index (Phi) is 3.20. The summed E-state index contributed by atoms with van der Waals surface area (Å²) in [6.45, 7) is 2.08. The van der Waals surface area contributed by atoms with Crippen molar-refractivity contribution in [2.75, 3.05) is 0 Å². The van der Waals surface area contributed by atoms with Crippen molar-refractivity contribution in [1.82, 2.24) is 9.97 Å². The van der Waals surface area contributed by atoms with Gasteiger partial charge in [0.1, 0.15) is 5.82 Å². The molecule has 0 radical (unpaired) electrons. The predicted octanol–water partition coefficient (Wildman–Crippen LogP) is 2.55. The van der Waals surface area contributed by atoms with Gasteiger partial charge < -0.3 is 4.98 Å². The van der Waals surface area contributed by atoms with E-state index in [-0.39, 0.29) is 5.56 Å². The normalized spacial score (nSPS) is 14.2. The first-order valence-corrected chi connectivity index (χ1v) is 6.89. The van der Waals surface area contributed by atoms with Gasteiger partial charge in [-0.05, 0) is 38.2 Å². The maximum Gasteiger partial charge on any atom is 0.254 e. The molecule has 0 saturated heterocycles. The number of nitrogens with one attached hydrogen (secondary N) is 1. The number of fused-ring (bicyclic) bond motifs is 1. The topological polar surface area (TPSA) is 45.8 Å². The van der Waals surface area contributed by atoms with Gasteiger partial charge in [0.15, 0.2) is 0 Å². The van der Waals surface area contributed by atoms with Gasteiger partial charge in [-0.15, -0.1) is 0 Å². The highest BCUT2D eigenvalue weighted by Gasteiger charge is 2.15. The van der Waals surface area contributed by atoms with E-state index in [1.165, 1.54) is 11.1 Å². The summed E-state index contributed by atoms with van der Waals surface area (Å²) in [5.41, 5.74) is 4.40. The molecule has 1 N–H and O–H groups in total. The van der Waals surface area contributed by atoms with Gasteiger partial charge >= 0.3 is 0 Å². The molecular weight excluding hydrogens is 236 g/mol. The molecule has 1 aliphatic rings. The quantitative estimate of drug-likeness (QED) is 0.895. The lowest BCUT2D eigenvalue weighted by atomic mass is 9.97. The van der Waals surface area contributed by atoms with Crippen LogP contribution in [-0.4, -0.2) is 9.97 Å². The molecule has 2 aromatic rings. The molecule has 1 aliphatic carbocycles. The van der Waals surface area contributed by atoms with E-state index in [4.69, 9.17) is 0 Å². The smallest absolute Gasteiger partial charge is 0.254 e. The van der Waals surface area contributed by atoms with Crippen LogP contribution in [0.1, 0.15) is 41.1 Å². The molecule has 0 amide bonds. The fourth-order valence-electron chi connectivity index (χ4n) is 2.75. The lowest BCUT2D eigenvalue weighted by molar-refractivity contribution is 0.648. The number of hydrogen-bond donors (Lipinski definition) is 1. The number of aromatic amines is 1. The van der Waals surface area contributed by atoms with E-state index in [2.05, 4.69) is 35.1 Å². The zero-order valence-corrected chi connectivity index (χ0v) is 11.2. The van der Waals surface area contributed by atoms with Crippen LogP contribution < -0.4 is 5.56 Å². The number of hydrogen-bond acceptors (Lipinski definition) is 2. The molecule has 19 heavy (non-hydrogen) atoms. The maximum atomic E-state index is 12.0. The number of aromatic nitrogens is 2. The van der Waals surface area contributed by atoms with Crippen LogP contribution in [-0.2, 0) is 19.3 Å². The third-order valence-corrected chi connectivity index (χ3v) is 3.69. The van der Waals surface area contributed by atoms with Crippen molar-refractivity contribution in [3.05, 3.63) is 62.8 Å². The summed E-state index contributed by atoms with van der Waals surface area (Å²) in [6, 6.07) is 8.33. The molecule has 0 bridgehead atoms. The number of aryl methyl sites for hydroxylation is 2. The minimum Gasteiger partial charge on any atom is -0.310 e. The average Bonchev–Trinajstić information content (AvgIpc) is 2.39. The van der Waals surface area contributed by atoms with Crippen LogP contribution in [0.4, 0.5) is 0 Å². The van der Waals surface area contributed by atoms with Crippen molar-refractivity contribution >= 4 is 0 Å². The summed E-state index contributed by atoms with van der Waals surface area (Å²) in [5, 5.41) is 0. The zero-order chi connectivity index (χ0) is 13.2. The van der Waals surface area contributed by atoms with Crippen molar-refractivity contribution < 1.29 is 0 Å². The maximum absolute atomic E-state index is 12.0. The second kappa shape index (κ2) is 5.00. The molecule has 0 unspecified atom stereocenters. The fourth-order valence-corrected chi connectivity index (χ4v) is 2.75. The molecule has 3 rings (SSSR count). The standard InChI is InChI=1S/C16H18N2O/c1-11-5-4-6-12(9-11)10-15-17-14-8-3-2-7-13(14)16(19)18-15/h4-6,9H,2-3,7-8,10H2,1H3,(H,17,18,19). The highest BCUT2D eigenvalue weighted by atomic mass is 16.1. The Bertz CT molecular complexity index is 658. The van der Waals surface area contributed by atoms with Gasteiger partial charge in [0.25, 0.3) is 5.56 Å². The first-order chi connectivity index (χ1) is 9.22. The summed E-state index contributed by atoms with van der Waals surface area (Å²) in [5.74, 6) is 0.788. The van der Waals surface area contributed by atoms with E-state index in [1.54, 1.807) is 0 Å². The lowest BCUT2D eigenvalue weighted by Gasteiger charge is -2.14. The van der Waals surface area contributed by atoms with Crippen LogP contribution in [0, 0.1) is 6.92 Å². The van der Waals surface area contributed by atoms with Crippen LogP contribution in [0.25, 0.3) is 0 Å². The summed E-state index contributed by atoms with van der Waals surface area (Å²) in [6.07, 6.45) is 4.77. The SMILES string of the molecule is Cc1cccc(Cc2nc3c(c(=O)[nH]2)CCCC3)c1. The van der Waals surface area contributed by atoms with E-state index < -0.39 is 0 Å². The van der Waals surface area contributed by atoms with Crippen molar-refractivity contribution in [3.8, 4) is 0 Å². The van der Waals surface area contributed by atoms with E-state index in [1.807, 2.05) is 6.07 Å². The van der Waals surface area contributed by atoms with Crippen LogP contribution in [0.3, 0.4) is 0 Å². The molecule has 0 spiro atoms. The molecule has 3 nitrogen and oxygen atoms in total. The number of benzene rings is 1. The Morgan fingerprint density at radius 1 is 1.26 bits per heavy atom. The lowest BCUT2D eigenvalue weighted by Crippen LogP contribution is -2.23. The van der Waals surface area contributed by atoms with Crippen molar-refractivity contribution in [2.45, 2.75) is 39.0 Å². The monoisotopic (exact) mass is 254 g/mol. The zero-order valence-electron chi connectivity index (χ0n) is 11.2. The van der Waals surface area contributed by atoms with Crippen LogP contribution >= 0.6 is 0 Å². The third kappa shape index (κ3) is 2.60. The summed E-state index contributed by atoms with van der Waals surface area (Å²) >= 11 is 0. The van der Waals surface area contributed by atoms with E-state index in [9.17, 15) is 4.79 Å².